The molecule has 1 heterocycles. The maximum Gasteiger partial charge on any atom is 0.115 e. The minimum atomic E-state index is 0.285. The number of phenolic OH excluding ortho intramolecular Hbond substituents is 1. The molecule has 0 aromatic heterocycles. The van der Waals surface area contributed by atoms with Gasteiger partial charge in [0.2, 0.25) is 0 Å². The highest BCUT2D eigenvalue weighted by molar-refractivity contribution is 5.81. The molecule has 0 aliphatic carbocycles. The van der Waals surface area contributed by atoms with Gasteiger partial charge in [0.15, 0.2) is 0 Å². The molecule has 0 unspecified atom stereocenters. The first-order valence-electron chi connectivity index (χ1n) is 10.2. The van der Waals surface area contributed by atoms with E-state index in [2.05, 4.69) is 90.1 Å². The van der Waals surface area contributed by atoms with Crippen molar-refractivity contribution in [2.45, 2.75) is 5.92 Å². The van der Waals surface area contributed by atoms with E-state index in [1.54, 1.807) is 12.1 Å². The minimum Gasteiger partial charge on any atom is -0.508 e. The Bertz CT molecular complexity index is 1240. The van der Waals surface area contributed by atoms with E-state index in [1.807, 2.05) is 19.2 Å². The van der Waals surface area contributed by atoms with Crippen molar-refractivity contribution in [2.75, 3.05) is 7.05 Å². The summed E-state index contributed by atoms with van der Waals surface area (Å²) in [4.78, 5) is 2.07. The smallest absolute Gasteiger partial charge is 0.115 e. The predicted octanol–water partition coefficient (Wildman–Crippen LogP) is 6.98. The Morgan fingerprint density at radius 2 is 1.10 bits per heavy atom. The van der Waals surface area contributed by atoms with Crippen molar-refractivity contribution < 1.29 is 5.11 Å². The van der Waals surface area contributed by atoms with Gasteiger partial charge in [-0.25, -0.2) is 0 Å². The standard InChI is InChI=1S/C28H23NO/c1-29-12-10-25(11-13-29)27-18-22-4-2-20-14-21(3-5-23(15-22)19-27)17-26(16-20)24-6-8-28(30)9-7-24/h2-19,25,30H,1H3. The average molecular weight is 389 g/mol. The number of aromatic hydroxyl groups is 1. The second-order valence-corrected chi connectivity index (χ2v) is 7.91. The van der Waals surface area contributed by atoms with Gasteiger partial charge in [0.25, 0.3) is 0 Å². The fourth-order valence-electron chi connectivity index (χ4n) is 3.95. The van der Waals surface area contributed by atoms with Crippen LogP contribution < -0.4 is 0 Å². The molecule has 5 rings (SSSR count). The summed E-state index contributed by atoms with van der Waals surface area (Å²) in [6, 6.07) is 29.4. The van der Waals surface area contributed by atoms with E-state index >= 15 is 0 Å². The SMILES string of the molecule is CN1C=CC(c2cc3ccc4cc(-c5ccc(O)cc5)cc(ccc(c2)c3)c4)C=C1. The van der Waals surface area contributed by atoms with Crippen molar-refractivity contribution >= 4 is 21.5 Å². The fraction of sp³-hybridized carbons (Fsp3) is 0.0714. The normalized spacial score (nSPS) is 13.8. The molecule has 0 saturated carbocycles. The summed E-state index contributed by atoms with van der Waals surface area (Å²) in [7, 11) is 2.04. The molecule has 0 fully saturated rings. The van der Waals surface area contributed by atoms with Crippen LogP contribution in [0.3, 0.4) is 0 Å². The van der Waals surface area contributed by atoms with E-state index in [4.69, 9.17) is 0 Å². The number of benzene rings is 3. The van der Waals surface area contributed by atoms with Gasteiger partial charge in [-0.05, 0) is 74.6 Å². The van der Waals surface area contributed by atoms with Gasteiger partial charge < -0.3 is 10.0 Å². The maximum absolute atomic E-state index is 9.59. The van der Waals surface area contributed by atoms with Crippen molar-refractivity contribution in [1.29, 1.82) is 0 Å². The summed E-state index contributed by atoms with van der Waals surface area (Å²) >= 11 is 0. The van der Waals surface area contributed by atoms with Crippen LogP contribution in [0.4, 0.5) is 0 Å². The van der Waals surface area contributed by atoms with Gasteiger partial charge in [0, 0.05) is 25.4 Å². The van der Waals surface area contributed by atoms with E-state index in [1.165, 1.54) is 16.3 Å². The van der Waals surface area contributed by atoms with E-state index < -0.39 is 0 Å². The Morgan fingerprint density at radius 1 is 0.600 bits per heavy atom. The quantitative estimate of drug-likeness (QED) is 0.399. The van der Waals surface area contributed by atoms with Gasteiger partial charge in [-0.2, -0.15) is 0 Å². The molecule has 1 N–H and O–H groups in total. The number of allylic oxidation sites excluding steroid dienone is 2. The van der Waals surface area contributed by atoms with Crippen LogP contribution in [0.5, 0.6) is 5.75 Å². The highest BCUT2D eigenvalue weighted by Gasteiger charge is 2.08. The van der Waals surface area contributed by atoms with Crippen LogP contribution in [-0.4, -0.2) is 17.1 Å². The molecule has 0 saturated heterocycles. The zero-order valence-electron chi connectivity index (χ0n) is 16.9. The zero-order chi connectivity index (χ0) is 20.5. The molecular weight excluding hydrogens is 366 g/mol. The highest BCUT2D eigenvalue weighted by Crippen LogP contribution is 2.28. The third-order valence-corrected chi connectivity index (χ3v) is 5.56. The highest BCUT2D eigenvalue weighted by atomic mass is 16.3. The molecule has 1 aliphatic heterocycles. The average Bonchev–Trinajstić information content (AvgIpc) is 2.77. The summed E-state index contributed by atoms with van der Waals surface area (Å²) in [5.74, 6) is 0.580. The summed E-state index contributed by atoms with van der Waals surface area (Å²) in [6.45, 7) is 0. The Kier molecular flexibility index (Phi) is 4.61. The monoisotopic (exact) mass is 389 g/mol. The van der Waals surface area contributed by atoms with Gasteiger partial charge in [-0.15, -0.1) is 0 Å². The third kappa shape index (κ3) is 3.85. The number of fused-ring (bicyclic) bond motifs is 4. The number of phenols is 1. The van der Waals surface area contributed by atoms with Gasteiger partial charge in [-0.3, -0.25) is 0 Å². The molecule has 146 valence electrons. The van der Waals surface area contributed by atoms with Crippen LogP contribution >= 0.6 is 0 Å². The Labute approximate surface area is 176 Å². The topological polar surface area (TPSA) is 23.5 Å². The van der Waals surface area contributed by atoms with Gasteiger partial charge in [-0.1, -0.05) is 60.7 Å². The van der Waals surface area contributed by atoms with Crippen LogP contribution in [0.25, 0.3) is 32.7 Å². The summed E-state index contributed by atoms with van der Waals surface area (Å²) in [5, 5.41) is 14.3. The predicted molar refractivity (Wildman–Crippen MR) is 126 cm³/mol. The lowest BCUT2D eigenvalue weighted by atomic mass is 9.95. The third-order valence-electron chi connectivity index (χ3n) is 5.56. The Morgan fingerprint density at radius 3 is 1.63 bits per heavy atom. The Hall–Kier alpha value is -3.78. The number of nitrogens with zero attached hydrogens (tertiary/aromatic N) is 1. The molecule has 2 nitrogen and oxygen atoms in total. The summed E-state index contributed by atoms with van der Waals surface area (Å²) < 4.78 is 0. The number of hydrogen-bond donors (Lipinski definition) is 1. The van der Waals surface area contributed by atoms with Crippen LogP contribution in [-0.2, 0) is 0 Å². The molecule has 2 heteroatoms. The second kappa shape index (κ2) is 7.57. The Balaban J connectivity index is 1.64. The molecule has 30 heavy (non-hydrogen) atoms. The van der Waals surface area contributed by atoms with Crippen LogP contribution in [0, 0.1) is 0 Å². The van der Waals surface area contributed by atoms with Crippen molar-refractivity contribution in [3.05, 3.63) is 115 Å². The summed E-state index contributed by atoms with van der Waals surface area (Å²) in [5.41, 5.74) is 3.53. The molecule has 4 aromatic rings. The van der Waals surface area contributed by atoms with Gasteiger partial charge >= 0.3 is 0 Å². The van der Waals surface area contributed by atoms with Crippen molar-refractivity contribution in [1.82, 2.24) is 4.90 Å². The summed E-state index contributed by atoms with van der Waals surface area (Å²) in [6.07, 6.45) is 8.69. The molecule has 0 amide bonds. The van der Waals surface area contributed by atoms with Crippen molar-refractivity contribution in [3.8, 4) is 16.9 Å². The number of hydrogen-bond acceptors (Lipinski definition) is 2. The van der Waals surface area contributed by atoms with Crippen molar-refractivity contribution in [3.63, 3.8) is 0 Å². The number of rotatable bonds is 2. The lowest BCUT2D eigenvalue weighted by molar-refractivity contribution is 0.475. The van der Waals surface area contributed by atoms with Crippen LogP contribution in [0.1, 0.15) is 11.5 Å². The molecule has 0 atom stereocenters. The van der Waals surface area contributed by atoms with E-state index in [0.717, 1.165) is 21.9 Å². The van der Waals surface area contributed by atoms with E-state index in [-0.39, 0.29) is 5.75 Å². The second-order valence-electron chi connectivity index (χ2n) is 7.91. The van der Waals surface area contributed by atoms with E-state index in [9.17, 15) is 5.11 Å². The fourth-order valence-corrected chi connectivity index (χ4v) is 3.95. The van der Waals surface area contributed by atoms with Gasteiger partial charge in [0.05, 0.1) is 0 Å². The molecule has 1 aliphatic rings. The van der Waals surface area contributed by atoms with Gasteiger partial charge in [0.1, 0.15) is 5.75 Å². The first-order valence-corrected chi connectivity index (χ1v) is 10.2. The lowest BCUT2D eigenvalue weighted by Gasteiger charge is -2.18. The molecule has 4 aromatic carbocycles. The molecule has 0 radical (unpaired) electrons. The minimum absolute atomic E-state index is 0.285. The first kappa shape index (κ1) is 18.3. The van der Waals surface area contributed by atoms with Crippen molar-refractivity contribution in [2.24, 2.45) is 0 Å². The molecule has 4 bridgehead atoms. The molecule has 0 spiro atoms. The maximum atomic E-state index is 9.59. The van der Waals surface area contributed by atoms with E-state index in [0.29, 0.717) is 5.92 Å². The molecular formula is C28H23NO. The zero-order valence-corrected chi connectivity index (χ0v) is 16.9. The lowest BCUT2D eigenvalue weighted by Crippen LogP contribution is -2.06. The van der Waals surface area contributed by atoms with Crippen LogP contribution in [0.15, 0.2) is 109 Å². The largest absolute Gasteiger partial charge is 0.508 e. The first-order chi connectivity index (χ1) is 14.6. The van der Waals surface area contributed by atoms with Crippen LogP contribution in [0.2, 0.25) is 0 Å².